The molecule has 9 heteroatoms. The zero-order valence-corrected chi connectivity index (χ0v) is 18.3. The molecule has 3 aromatic carbocycles. The summed E-state index contributed by atoms with van der Waals surface area (Å²) in [5, 5.41) is 6.33. The second-order valence-corrected chi connectivity index (χ2v) is 7.00. The first kappa shape index (κ1) is 24.1. The van der Waals surface area contributed by atoms with E-state index >= 15 is 0 Å². The van der Waals surface area contributed by atoms with Gasteiger partial charge in [-0.05, 0) is 54.1 Å². The number of carbonyl (C=O) groups is 3. The van der Waals surface area contributed by atoms with Crippen molar-refractivity contribution in [1.82, 2.24) is 10.7 Å². The molecule has 0 aromatic heterocycles. The first-order chi connectivity index (χ1) is 16.5. The van der Waals surface area contributed by atoms with Gasteiger partial charge in [0.1, 0.15) is 18.2 Å². The van der Waals surface area contributed by atoms with Crippen molar-refractivity contribution in [2.75, 3.05) is 13.7 Å². The van der Waals surface area contributed by atoms with E-state index < -0.39 is 23.6 Å². The van der Waals surface area contributed by atoms with Crippen molar-refractivity contribution in [3.05, 3.63) is 101 Å². The lowest BCUT2D eigenvalue weighted by atomic mass is 10.1. The number of benzene rings is 3. The predicted octanol–water partition coefficient (Wildman–Crippen LogP) is 3.07. The Labute approximate surface area is 195 Å². The number of ether oxygens (including phenoxy) is 2. The Hall–Kier alpha value is -4.53. The molecule has 0 heterocycles. The average molecular weight is 463 g/mol. The van der Waals surface area contributed by atoms with Crippen LogP contribution in [-0.2, 0) is 16.1 Å². The highest BCUT2D eigenvalue weighted by molar-refractivity contribution is 5.96. The van der Waals surface area contributed by atoms with E-state index in [0.717, 1.165) is 17.7 Å². The molecule has 0 aliphatic rings. The van der Waals surface area contributed by atoms with Crippen molar-refractivity contribution in [3.63, 3.8) is 0 Å². The molecule has 0 saturated carbocycles. The molecule has 34 heavy (non-hydrogen) atoms. The summed E-state index contributed by atoms with van der Waals surface area (Å²) in [4.78, 5) is 35.4. The van der Waals surface area contributed by atoms with Crippen LogP contribution in [0.2, 0.25) is 0 Å². The number of halogens is 1. The lowest BCUT2D eigenvalue weighted by Crippen LogP contribution is -2.34. The molecular formula is C25H22FN3O5. The van der Waals surface area contributed by atoms with E-state index in [-0.39, 0.29) is 18.7 Å². The molecule has 8 nitrogen and oxygen atoms in total. The number of nitrogens with one attached hydrogen (secondary N) is 2. The predicted molar refractivity (Wildman–Crippen MR) is 123 cm³/mol. The summed E-state index contributed by atoms with van der Waals surface area (Å²) in [6, 6.07) is 18.9. The highest BCUT2D eigenvalue weighted by Gasteiger charge is 2.08. The molecule has 0 spiro atoms. The smallest absolute Gasteiger partial charge is 0.337 e. The fourth-order valence-electron chi connectivity index (χ4n) is 2.81. The lowest BCUT2D eigenvalue weighted by molar-refractivity contribution is -0.120. The van der Waals surface area contributed by atoms with Gasteiger partial charge in [0, 0.05) is 11.1 Å². The Bertz CT molecular complexity index is 1180. The molecule has 0 saturated heterocycles. The average Bonchev–Trinajstić information content (AvgIpc) is 2.87. The first-order valence-electron chi connectivity index (χ1n) is 10.2. The number of amides is 2. The van der Waals surface area contributed by atoms with E-state index in [4.69, 9.17) is 4.74 Å². The summed E-state index contributed by atoms with van der Waals surface area (Å²) < 4.78 is 23.4. The highest BCUT2D eigenvalue weighted by atomic mass is 19.1. The molecule has 0 bridgehead atoms. The number of rotatable bonds is 9. The van der Waals surface area contributed by atoms with Gasteiger partial charge in [-0.2, -0.15) is 5.10 Å². The molecule has 0 aliphatic carbocycles. The Morgan fingerprint density at radius 3 is 2.32 bits per heavy atom. The normalized spacial score (nSPS) is 10.5. The summed E-state index contributed by atoms with van der Waals surface area (Å²) in [5.41, 5.74) is 4.49. The van der Waals surface area contributed by atoms with Gasteiger partial charge in [0.25, 0.3) is 11.8 Å². The molecule has 0 fully saturated rings. The summed E-state index contributed by atoms with van der Waals surface area (Å²) in [5.74, 6) is -1.36. The van der Waals surface area contributed by atoms with Crippen molar-refractivity contribution in [1.29, 1.82) is 0 Å². The fourth-order valence-corrected chi connectivity index (χ4v) is 2.81. The molecule has 0 atom stereocenters. The van der Waals surface area contributed by atoms with Gasteiger partial charge in [-0.3, -0.25) is 9.59 Å². The van der Waals surface area contributed by atoms with Crippen molar-refractivity contribution in [2.24, 2.45) is 5.10 Å². The molecule has 0 unspecified atom stereocenters. The maximum absolute atomic E-state index is 12.9. The van der Waals surface area contributed by atoms with E-state index in [1.807, 2.05) is 0 Å². The van der Waals surface area contributed by atoms with Crippen LogP contribution in [0.15, 0.2) is 77.9 Å². The second-order valence-electron chi connectivity index (χ2n) is 7.00. The quantitative estimate of drug-likeness (QED) is 0.288. The van der Waals surface area contributed by atoms with Gasteiger partial charge in [0.05, 0.1) is 25.4 Å². The Morgan fingerprint density at radius 2 is 1.62 bits per heavy atom. The van der Waals surface area contributed by atoms with Crippen LogP contribution in [0.5, 0.6) is 5.75 Å². The number of methoxy groups -OCH3 is 1. The zero-order chi connectivity index (χ0) is 24.3. The van der Waals surface area contributed by atoms with Crippen molar-refractivity contribution in [2.45, 2.75) is 6.61 Å². The zero-order valence-electron chi connectivity index (χ0n) is 18.3. The van der Waals surface area contributed by atoms with Crippen LogP contribution in [0.4, 0.5) is 4.39 Å². The third-order valence-corrected chi connectivity index (χ3v) is 4.60. The summed E-state index contributed by atoms with van der Waals surface area (Å²) in [7, 11) is 1.32. The number of hydrogen-bond acceptors (Lipinski definition) is 6. The molecule has 2 N–H and O–H groups in total. The minimum atomic E-state index is -0.532. The van der Waals surface area contributed by atoms with Gasteiger partial charge in [-0.15, -0.1) is 0 Å². The summed E-state index contributed by atoms with van der Waals surface area (Å²) >= 11 is 0. The monoisotopic (exact) mass is 463 g/mol. The number of hydrogen-bond donors (Lipinski definition) is 2. The third kappa shape index (κ3) is 6.99. The van der Waals surface area contributed by atoms with Gasteiger partial charge in [0.2, 0.25) is 0 Å². The fraction of sp³-hybridized carbons (Fsp3) is 0.120. The Kier molecular flexibility index (Phi) is 8.45. The molecule has 174 valence electrons. The standard InChI is InChI=1S/C25H22FN3O5/c1-33-25(32)19-8-6-17(7-9-19)16-34-22-5-3-2-4-20(22)14-28-29-23(30)15-27-24(31)18-10-12-21(26)13-11-18/h2-14H,15-16H2,1H3,(H,27,31)(H,29,30)/b28-14-. The van der Waals surface area contributed by atoms with Gasteiger partial charge in [0.15, 0.2) is 0 Å². The van der Waals surface area contributed by atoms with Gasteiger partial charge in [-0.1, -0.05) is 24.3 Å². The number of hydrazone groups is 1. The van der Waals surface area contributed by atoms with Crippen LogP contribution in [0, 0.1) is 5.82 Å². The summed E-state index contributed by atoms with van der Waals surface area (Å²) in [6.45, 7) is -0.0403. The van der Waals surface area contributed by atoms with Crippen molar-refractivity contribution in [3.8, 4) is 5.75 Å². The van der Waals surface area contributed by atoms with Crippen LogP contribution in [0.1, 0.15) is 31.8 Å². The van der Waals surface area contributed by atoms with E-state index in [1.165, 1.54) is 25.5 Å². The lowest BCUT2D eigenvalue weighted by Gasteiger charge is -2.09. The van der Waals surface area contributed by atoms with E-state index in [9.17, 15) is 18.8 Å². The van der Waals surface area contributed by atoms with Crippen LogP contribution in [0.3, 0.4) is 0 Å². The van der Waals surface area contributed by atoms with E-state index in [0.29, 0.717) is 16.9 Å². The number of carbonyl (C=O) groups excluding carboxylic acids is 3. The van der Waals surface area contributed by atoms with E-state index in [2.05, 4.69) is 20.6 Å². The van der Waals surface area contributed by atoms with Gasteiger partial charge in [-0.25, -0.2) is 14.6 Å². The highest BCUT2D eigenvalue weighted by Crippen LogP contribution is 2.18. The molecule has 3 aromatic rings. The van der Waals surface area contributed by atoms with E-state index in [1.54, 1.807) is 48.5 Å². The Balaban J connectivity index is 1.50. The van der Waals surface area contributed by atoms with Crippen LogP contribution in [-0.4, -0.2) is 37.7 Å². The SMILES string of the molecule is COC(=O)c1ccc(COc2ccccc2/C=N\NC(=O)CNC(=O)c2ccc(F)cc2)cc1. The van der Waals surface area contributed by atoms with Crippen LogP contribution in [0.25, 0.3) is 0 Å². The molecule has 2 amide bonds. The Morgan fingerprint density at radius 1 is 0.941 bits per heavy atom. The number of nitrogens with zero attached hydrogens (tertiary/aromatic N) is 1. The maximum Gasteiger partial charge on any atom is 0.337 e. The second kappa shape index (κ2) is 11.9. The summed E-state index contributed by atoms with van der Waals surface area (Å²) in [6.07, 6.45) is 1.43. The molecule has 0 aliphatic heterocycles. The number of para-hydroxylation sites is 1. The van der Waals surface area contributed by atoms with Gasteiger partial charge < -0.3 is 14.8 Å². The minimum Gasteiger partial charge on any atom is -0.488 e. The number of esters is 1. The van der Waals surface area contributed by atoms with Crippen LogP contribution < -0.4 is 15.5 Å². The molecule has 0 radical (unpaired) electrons. The van der Waals surface area contributed by atoms with Crippen LogP contribution >= 0.6 is 0 Å². The molecule has 3 rings (SSSR count). The molecular weight excluding hydrogens is 441 g/mol. The van der Waals surface area contributed by atoms with Crippen molar-refractivity contribution >= 4 is 24.0 Å². The van der Waals surface area contributed by atoms with Crippen molar-refractivity contribution < 1.29 is 28.2 Å². The minimum absolute atomic E-state index is 0.240. The maximum atomic E-state index is 12.9. The topological polar surface area (TPSA) is 106 Å². The first-order valence-corrected chi connectivity index (χ1v) is 10.2. The third-order valence-electron chi connectivity index (χ3n) is 4.60. The largest absolute Gasteiger partial charge is 0.488 e. The van der Waals surface area contributed by atoms with Gasteiger partial charge >= 0.3 is 5.97 Å².